The molecule has 1 atom stereocenters. The van der Waals surface area contributed by atoms with Crippen LogP contribution in [0, 0.1) is 5.92 Å². The molecular formula is C12H19N3O2S. The Labute approximate surface area is 111 Å². The summed E-state index contributed by atoms with van der Waals surface area (Å²) in [6.45, 7) is 2.38. The van der Waals surface area contributed by atoms with Crippen LogP contribution in [0.15, 0.2) is 5.38 Å². The molecule has 1 aromatic heterocycles. The van der Waals surface area contributed by atoms with E-state index in [0.717, 1.165) is 38.3 Å². The molecule has 2 N–H and O–H groups in total. The van der Waals surface area contributed by atoms with Crippen LogP contribution < -0.4 is 5.73 Å². The van der Waals surface area contributed by atoms with Crippen LogP contribution in [0.2, 0.25) is 0 Å². The number of nitrogens with two attached hydrogens (primary N) is 1. The Bertz CT molecular complexity index is 402. The zero-order valence-electron chi connectivity index (χ0n) is 10.6. The minimum atomic E-state index is 0.0888. The normalized spacial score (nSPS) is 19.7. The number of amides is 1. The number of anilines is 1. The molecule has 1 saturated heterocycles. The summed E-state index contributed by atoms with van der Waals surface area (Å²) in [6.07, 6.45) is 2.56. The summed E-state index contributed by atoms with van der Waals surface area (Å²) in [5.41, 5.74) is 6.30. The summed E-state index contributed by atoms with van der Waals surface area (Å²) in [4.78, 5) is 17.9. The zero-order valence-corrected chi connectivity index (χ0v) is 11.4. The van der Waals surface area contributed by atoms with E-state index in [1.807, 2.05) is 12.4 Å². The van der Waals surface area contributed by atoms with E-state index in [1.54, 1.807) is 4.90 Å². The fourth-order valence-corrected chi connectivity index (χ4v) is 2.70. The predicted octanol–water partition coefficient (Wildman–Crippen LogP) is 1.15. The Morgan fingerprint density at radius 3 is 3.17 bits per heavy atom. The van der Waals surface area contributed by atoms with Gasteiger partial charge in [0.1, 0.15) is 0 Å². The maximum atomic E-state index is 12.0. The third kappa shape index (κ3) is 3.68. The van der Waals surface area contributed by atoms with Gasteiger partial charge in [-0.3, -0.25) is 4.79 Å². The van der Waals surface area contributed by atoms with Crippen molar-refractivity contribution in [2.24, 2.45) is 5.92 Å². The fraction of sp³-hybridized carbons (Fsp3) is 0.667. The van der Waals surface area contributed by atoms with Crippen molar-refractivity contribution in [3.63, 3.8) is 0 Å². The molecule has 6 heteroatoms. The minimum Gasteiger partial charge on any atom is -0.381 e. The van der Waals surface area contributed by atoms with Gasteiger partial charge in [-0.25, -0.2) is 4.98 Å². The van der Waals surface area contributed by atoms with Crippen molar-refractivity contribution in [1.29, 1.82) is 0 Å². The Morgan fingerprint density at radius 1 is 1.72 bits per heavy atom. The molecule has 1 amide bonds. The summed E-state index contributed by atoms with van der Waals surface area (Å²) in [5, 5.41) is 2.35. The summed E-state index contributed by atoms with van der Waals surface area (Å²) < 4.78 is 5.42. The largest absolute Gasteiger partial charge is 0.381 e. The van der Waals surface area contributed by atoms with Crippen molar-refractivity contribution in [2.45, 2.75) is 19.3 Å². The van der Waals surface area contributed by atoms with Crippen LogP contribution in [0.5, 0.6) is 0 Å². The van der Waals surface area contributed by atoms with Gasteiger partial charge < -0.3 is 15.4 Å². The average Bonchev–Trinajstić information content (AvgIpc) is 2.76. The summed E-state index contributed by atoms with van der Waals surface area (Å²) >= 11 is 1.37. The molecule has 1 unspecified atom stereocenters. The molecule has 0 aromatic carbocycles. The van der Waals surface area contributed by atoms with E-state index in [1.165, 1.54) is 11.3 Å². The number of hydrogen-bond donors (Lipinski definition) is 1. The second-order valence-corrected chi connectivity index (χ2v) is 5.60. The van der Waals surface area contributed by atoms with Gasteiger partial charge in [0.15, 0.2) is 5.13 Å². The smallest absolute Gasteiger partial charge is 0.228 e. The number of likely N-dealkylation sites (N-methyl/N-ethyl adjacent to an activating group) is 1. The van der Waals surface area contributed by atoms with E-state index >= 15 is 0 Å². The second-order valence-electron chi connectivity index (χ2n) is 4.71. The topological polar surface area (TPSA) is 68.5 Å². The molecule has 5 nitrogen and oxygen atoms in total. The molecule has 1 fully saturated rings. The lowest BCUT2D eigenvalue weighted by atomic mass is 10.0. The van der Waals surface area contributed by atoms with Crippen molar-refractivity contribution < 1.29 is 9.53 Å². The van der Waals surface area contributed by atoms with Gasteiger partial charge in [-0.05, 0) is 18.8 Å². The minimum absolute atomic E-state index is 0.0888. The molecule has 0 radical (unpaired) electrons. The maximum absolute atomic E-state index is 12.0. The molecule has 0 bridgehead atoms. The number of aromatic nitrogens is 1. The molecular weight excluding hydrogens is 250 g/mol. The van der Waals surface area contributed by atoms with E-state index in [2.05, 4.69) is 4.98 Å². The van der Waals surface area contributed by atoms with Gasteiger partial charge in [-0.1, -0.05) is 0 Å². The van der Waals surface area contributed by atoms with Crippen LogP contribution >= 0.6 is 11.3 Å². The summed E-state index contributed by atoms with van der Waals surface area (Å²) in [7, 11) is 1.84. The molecule has 1 aliphatic heterocycles. The molecule has 0 saturated carbocycles. The molecule has 2 rings (SSSR count). The molecule has 0 spiro atoms. The molecule has 1 aromatic rings. The Morgan fingerprint density at radius 2 is 2.56 bits per heavy atom. The highest BCUT2D eigenvalue weighted by Gasteiger charge is 2.19. The fourth-order valence-electron chi connectivity index (χ4n) is 2.13. The lowest BCUT2D eigenvalue weighted by molar-refractivity contribution is -0.130. The molecule has 2 heterocycles. The van der Waals surface area contributed by atoms with Gasteiger partial charge in [0.25, 0.3) is 0 Å². The van der Waals surface area contributed by atoms with Crippen molar-refractivity contribution in [2.75, 3.05) is 32.5 Å². The second kappa shape index (κ2) is 6.15. The van der Waals surface area contributed by atoms with Gasteiger partial charge in [0.05, 0.1) is 18.7 Å². The molecule has 18 heavy (non-hydrogen) atoms. The summed E-state index contributed by atoms with van der Waals surface area (Å²) in [6, 6.07) is 0. The average molecular weight is 269 g/mol. The predicted molar refractivity (Wildman–Crippen MR) is 71.4 cm³/mol. The van der Waals surface area contributed by atoms with E-state index < -0.39 is 0 Å². The van der Waals surface area contributed by atoms with Crippen molar-refractivity contribution in [3.05, 3.63) is 11.1 Å². The Hall–Kier alpha value is -1.14. The third-order valence-electron chi connectivity index (χ3n) is 3.11. The van der Waals surface area contributed by atoms with Crippen molar-refractivity contribution >= 4 is 22.4 Å². The van der Waals surface area contributed by atoms with Crippen LogP contribution in [-0.2, 0) is 16.0 Å². The van der Waals surface area contributed by atoms with Crippen molar-refractivity contribution in [1.82, 2.24) is 9.88 Å². The zero-order chi connectivity index (χ0) is 13.0. The van der Waals surface area contributed by atoms with E-state index in [-0.39, 0.29) is 5.91 Å². The first kappa shape index (κ1) is 13.3. The van der Waals surface area contributed by atoms with E-state index in [4.69, 9.17) is 10.5 Å². The molecule has 100 valence electrons. The van der Waals surface area contributed by atoms with E-state index in [0.29, 0.717) is 17.5 Å². The number of thiazole rings is 1. The standard InChI is InChI=1S/C12H19N3O2S/c1-15(6-9-3-2-4-17-7-9)11(16)5-10-8-18-12(13)14-10/h8-9H,2-7H2,1H3,(H2,13,14). The number of carbonyl (C=O) groups excluding carboxylic acids is 1. The van der Waals surface area contributed by atoms with Crippen LogP contribution in [0.1, 0.15) is 18.5 Å². The molecule has 0 aliphatic carbocycles. The highest BCUT2D eigenvalue weighted by atomic mass is 32.1. The number of hydrogen-bond acceptors (Lipinski definition) is 5. The van der Waals surface area contributed by atoms with Crippen molar-refractivity contribution in [3.8, 4) is 0 Å². The van der Waals surface area contributed by atoms with E-state index in [9.17, 15) is 4.79 Å². The number of carbonyl (C=O) groups is 1. The van der Waals surface area contributed by atoms with Crippen LogP contribution in [0.3, 0.4) is 0 Å². The number of rotatable bonds is 4. The first-order chi connectivity index (χ1) is 8.65. The SMILES string of the molecule is CN(CC1CCCOC1)C(=O)Cc1csc(N)n1. The van der Waals surface area contributed by atoms with Gasteiger partial charge in [0.2, 0.25) is 5.91 Å². The quantitative estimate of drug-likeness (QED) is 0.890. The Balaban J connectivity index is 1.80. The third-order valence-corrected chi connectivity index (χ3v) is 3.84. The first-order valence-electron chi connectivity index (χ1n) is 6.16. The highest BCUT2D eigenvalue weighted by Crippen LogP contribution is 2.16. The van der Waals surface area contributed by atoms with Crippen LogP contribution in [0.4, 0.5) is 5.13 Å². The molecule has 1 aliphatic rings. The highest BCUT2D eigenvalue weighted by molar-refractivity contribution is 7.13. The van der Waals surface area contributed by atoms with Crippen LogP contribution in [-0.4, -0.2) is 42.6 Å². The lowest BCUT2D eigenvalue weighted by Crippen LogP contribution is -2.35. The summed E-state index contributed by atoms with van der Waals surface area (Å²) in [5.74, 6) is 0.555. The first-order valence-corrected chi connectivity index (χ1v) is 7.04. The van der Waals surface area contributed by atoms with Gasteiger partial charge in [-0.15, -0.1) is 11.3 Å². The van der Waals surface area contributed by atoms with Gasteiger partial charge in [0, 0.05) is 25.6 Å². The Kier molecular flexibility index (Phi) is 4.54. The number of ether oxygens (including phenoxy) is 1. The lowest BCUT2D eigenvalue weighted by Gasteiger charge is -2.27. The maximum Gasteiger partial charge on any atom is 0.228 e. The van der Waals surface area contributed by atoms with Gasteiger partial charge in [-0.2, -0.15) is 0 Å². The monoisotopic (exact) mass is 269 g/mol. The number of nitrogen functional groups attached to an aromatic ring is 1. The van der Waals surface area contributed by atoms with Crippen LogP contribution in [0.25, 0.3) is 0 Å². The number of nitrogens with zero attached hydrogens (tertiary/aromatic N) is 2. The van der Waals surface area contributed by atoms with Gasteiger partial charge >= 0.3 is 0 Å².